The average molecular weight is 510 g/mol. The van der Waals surface area contributed by atoms with Crippen LogP contribution in [-0.4, -0.2) is 52.2 Å². The van der Waals surface area contributed by atoms with Gasteiger partial charge in [0.1, 0.15) is 12.4 Å². The van der Waals surface area contributed by atoms with Crippen molar-refractivity contribution in [2.45, 2.75) is 18.6 Å². The number of anilines is 2. The molecule has 1 aliphatic heterocycles. The molecule has 2 aliphatic rings. The van der Waals surface area contributed by atoms with Gasteiger partial charge in [-0.1, -0.05) is 48.5 Å². The number of halogens is 1. The van der Waals surface area contributed by atoms with E-state index in [9.17, 15) is 17.1 Å². The van der Waals surface area contributed by atoms with Gasteiger partial charge < -0.3 is 20.3 Å². The van der Waals surface area contributed by atoms with Crippen LogP contribution in [0.15, 0.2) is 60.7 Å². The normalized spacial score (nSPS) is 15.5. The van der Waals surface area contributed by atoms with Crippen LogP contribution in [0.5, 0.6) is 0 Å². The maximum Gasteiger partial charge on any atom is 0.409 e. The molecule has 3 aromatic carbocycles. The molecule has 36 heavy (non-hydrogen) atoms. The van der Waals surface area contributed by atoms with Crippen molar-refractivity contribution < 1.29 is 21.8 Å². The maximum atomic E-state index is 13.2. The zero-order valence-corrected chi connectivity index (χ0v) is 20.8. The summed E-state index contributed by atoms with van der Waals surface area (Å²) in [6.45, 7) is 4.05. The fraction of sp³-hybridized carbons (Fsp3) is 0.296. The van der Waals surface area contributed by atoms with E-state index in [1.807, 2.05) is 36.1 Å². The van der Waals surface area contributed by atoms with Gasteiger partial charge in [-0.15, -0.1) is 3.89 Å². The van der Waals surface area contributed by atoms with Crippen molar-refractivity contribution in [3.05, 3.63) is 82.9 Å². The topological polar surface area (TPSA) is 92.9 Å². The first-order valence-corrected chi connectivity index (χ1v) is 13.4. The van der Waals surface area contributed by atoms with Gasteiger partial charge in [0.05, 0.1) is 0 Å². The largest absolute Gasteiger partial charge is 0.448 e. The van der Waals surface area contributed by atoms with Crippen molar-refractivity contribution in [2.75, 3.05) is 43.4 Å². The smallest absolute Gasteiger partial charge is 0.409 e. The van der Waals surface area contributed by atoms with E-state index in [1.165, 1.54) is 28.3 Å². The van der Waals surface area contributed by atoms with Crippen molar-refractivity contribution in [3.63, 3.8) is 0 Å². The van der Waals surface area contributed by atoms with Crippen molar-refractivity contribution in [1.29, 1.82) is 0 Å². The third-order valence-electron chi connectivity index (χ3n) is 7.03. The Hall–Kier alpha value is -3.59. The van der Waals surface area contributed by atoms with E-state index in [4.69, 9.17) is 10.5 Å². The van der Waals surface area contributed by atoms with Crippen LogP contribution in [0.2, 0.25) is 0 Å². The van der Waals surface area contributed by atoms with Crippen LogP contribution in [0, 0.1) is 6.92 Å². The van der Waals surface area contributed by atoms with E-state index in [0.717, 1.165) is 11.3 Å². The first kappa shape index (κ1) is 24.1. The number of fused-ring (bicyclic) bond motifs is 3. The Morgan fingerprint density at radius 2 is 1.58 bits per heavy atom. The summed E-state index contributed by atoms with van der Waals surface area (Å²) >= 11 is 0. The van der Waals surface area contributed by atoms with Gasteiger partial charge in [0.2, 0.25) is 0 Å². The Bertz CT molecular complexity index is 1370. The van der Waals surface area contributed by atoms with Gasteiger partial charge in [-0.05, 0) is 52.4 Å². The molecule has 1 aliphatic carbocycles. The number of hydrogen-bond acceptors (Lipinski definition) is 6. The maximum absolute atomic E-state index is 13.2. The number of nitrogens with two attached hydrogens (primary N) is 1. The summed E-state index contributed by atoms with van der Waals surface area (Å²) in [4.78, 5) is 16.6. The molecule has 5 rings (SSSR count). The molecule has 1 saturated heterocycles. The molecule has 0 unspecified atom stereocenters. The molecule has 3 aromatic rings. The van der Waals surface area contributed by atoms with Crippen molar-refractivity contribution in [2.24, 2.45) is 0 Å². The predicted molar refractivity (Wildman–Crippen MR) is 138 cm³/mol. The highest BCUT2D eigenvalue weighted by atomic mass is 32.3. The van der Waals surface area contributed by atoms with Crippen LogP contribution in [0.4, 0.5) is 20.1 Å². The predicted octanol–water partition coefficient (Wildman–Crippen LogP) is 4.45. The van der Waals surface area contributed by atoms with Crippen LogP contribution in [0.25, 0.3) is 11.1 Å². The number of ether oxygens (including phenoxy) is 1. The minimum Gasteiger partial charge on any atom is -0.448 e. The van der Waals surface area contributed by atoms with Gasteiger partial charge in [0.15, 0.2) is 0 Å². The molecule has 7 nitrogen and oxygen atoms in total. The molecule has 0 radical (unpaired) electrons. The molecule has 0 saturated carbocycles. The molecule has 2 N–H and O–H groups in total. The molecule has 0 spiro atoms. The van der Waals surface area contributed by atoms with E-state index in [0.29, 0.717) is 37.4 Å². The minimum absolute atomic E-state index is 0.00258. The second-order valence-corrected chi connectivity index (χ2v) is 10.7. The number of nitrogens with zero attached hydrogens (tertiary/aromatic N) is 2. The van der Waals surface area contributed by atoms with Crippen molar-refractivity contribution >= 4 is 27.7 Å². The summed E-state index contributed by atoms with van der Waals surface area (Å²) in [6, 6.07) is 19.6. The second kappa shape index (κ2) is 9.46. The molecule has 0 atom stereocenters. The number of carbonyl (C=O) groups is 1. The second-order valence-electron chi connectivity index (χ2n) is 9.29. The summed E-state index contributed by atoms with van der Waals surface area (Å²) < 4.78 is 41.2. The molecule has 1 amide bonds. The monoisotopic (exact) mass is 509 g/mol. The molecule has 1 heterocycles. The number of piperazine rings is 1. The zero-order chi connectivity index (χ0) is 25.4. The van der Waals surface area contributed by atoms with Crippen LogP contribution in [-0.2, 0) is 20.7 Å². The van der Waals surface area contributed by atoms with E-state index >= 15 is 0 Å². The van der Waals surface area contributed by atoms with E-state index in [1.54, 1.807) is 11.0 Å². The third-order valence-corrected chi connectivity index (χ3v) is 7.71. The number of nitrogen functional groups attached to an aromatic ring is 1. The van der Waals surface area contributed by atoms with Gasteiger partial charge in [0, 0.05) is 43.5 Å². The molecular weight excluding hydrogens is 481 g/mol. The van der Waals surface area contributed by atoms with Crippen LogP contribution >= 0.6 is 0 Å². The number of hydrogen-bond donors (Lipinski definition) is 1. The lowest BCUT2D eigenvalue weighted by atomic mass is 9.98. The molecule has 9 heteroatoms. The summed E-state index contributed by atoms with van der Waals surface area (Å²) in [5.41, 5.74) is 13.0. The highest BCUT2D eigenvalue weighted by Crippen LogP contribution is 2.44. The number of amides is 1. The Labute approximate surface area is 210 Å². The average Bonchev–Trinajstić information content (AvgIpc) is 3.17. The van der Waals surface area contributed by atoms with Gasteiger partial charge in [-0.3, -0.25) is 0 Å². The fourth-order valence-electron chi connectivity index (χ4n) is 5.21. The minimum atomic E-state index is -4.67. The number of rotatable bonds is 5. The summed E-state index contributed by atoms with van der Waals surface area (Å²) in [5.74, 6) is -0.715. The Morgan fingerprint density at radius 1 is 1.00 bits per heavy atom. The molecule has 1 fully saturated rings. The SMILES string of the molecule is Cc1c(N)cc(CS(=O)(=O)F)cc1N1CCN(C(=O)OCC2c3ccccc3-c3ccccc32)CC1. The van der Waals surface area contributed by atoms with Gasteiger partial charge in [0.25, 0.3) is 0 Å². The highest BCUT2D eigenvalue weighted by Gasteiger charge is 2.30. The molecule has 188 valence electrons. The lowest BCUT2D eigenvalue weighted by Crippen LogP contribution is -2.49. The van der Waals surface area contributed by atoms with Gasteiger partial charge in [-0.25, -0.2) is 4.79 Å². The third kappa shape index (κ3) is 4.75. The number of carbonyl (C=O) groups excluding carboxylic acids is 1. The van der Waals surface area contributed by atoms with E-state index < -0.39 is 16.0 Å². The first-order chi connectivity index (χ1) is 17.2. The zero-order valence-electron chi connectivity index (χ0n) is 20.0. The standard InChI is InChI=1S/C27H28FN3O4S/c1-18-25(29)14-19(17-36(28,33)34)15-26(18)30-10-12-31(13-11-30)27(32)35-16-24-22-8-4-2-6-20(22)21-7-3-5-9-23(21)24/h2-9,14-15,24H,10-13,16-17,29H2,1H3. The number of benzene rings is 3. The van der Waals surface area contributed by atoms with Crippen LogP contribution in [0.3, 0.4) is 0 Å². The summed E-state index contributed by atoms with van der Waals surface area (Å²) in [6.07, 6.45) is -0.356. The first-order valence-electron chi connectivity index (χ1n) is 11.9. The summed E-state index contributed by atoms with van der Waals surface area (Å²) in [5, 5.41) is 0. The lowest BCUT2D eigenvalue weighted by molar-refractivity contribution is 0.0977. The van der Waals surface area contributed by atoms with Crippen molar-refractivity contribution in [1.82, 2.24) is 4.90 Å². The van der Waals surface area contributed by atoms with Gasteiger partial charge in [-0.2, -0.15) is 8.42 Å². The fourth-order valence-corrected chi connectivity index (χ4v) is 5.77. The molecule has 0 aromatic heterocycles. The van der Waals surface area contributed by atoms with Crippen LogP contribution < -0.4 is 10.6 Å². The Morgan fingerprint density at radius 3 is 2.17 bits per heavy atom. The van der Waals surface area contributed by atoms with Crippen LogP contribution in [0.1, 0.15) is 28.2 Å². The van der Waals surface area contributed by atoms with Gasteiger partial charge >= 0.3 is 16.3 Å². The summed E-state index contributed by atoms with van der Waals surface area (Å²) in [7, 11) is -4.67. The quantitative estimate of drug-likeness (QED) is 0.404. The van der Waals surface area contributed by atoms with Crippen molar-refractivity contribution in [3.8, 4) is 11.1 Å². The van der Waals surface area contributed by atoms with E-state index in [-0.39, 0.29) is 18.6 Å². The Balaban J connectivity index is 1.23. The molecule has 0 bridgehead atoms. The lowest BCUT2D eigenvalue weighted by Gasteiger charge is -2.36. The molecular formula is C27H28FN3O4S. The van der Waals surface area contributed by atoms with E-state index in [2.05, 4.69) is 24.3 Å². The Kier molecular flexibility index (Phi) is 6.34. The highest BCUT2D eigenvalue weighted by molar-refractivity contribution is 7.85.